The zero-order valence-electron chi connectivity index (χ0n) is 17.9. The summed E-state index contributed by atoms with van der Waals surface area (Å²) in [4.78, 5) is 26.4. The lowest BCUT2D eigenvalue weighted by molar-refractivity contribution is -0.154. The second-order valence-electron chi connectivity index (χ2n) is 7.70. The number of nitrogens with zero attached hydrogens (tertiary/aromatic N) is 2. The van der Waals surface area contributed by atoms with E-state index >= 15 is 0 Å². The van der Waals surface area contributed by atoms with Crippen molar-refractivity contribution in [3.8, 4) is 0 Å². The molecule has 2 atom stereocenters. The van der Waals surface area contributed by atoms with Crippen LogP contribution in [0.15, 0.2) is 35.2 Å². The van der Waals surface area contributed by atoms with Gasteiger partial charge in [0.2, 0.25) is 10.0 Å². The minimum Gasteiger partial charge on any atom is -0.454 e. The fraction of sp³-hybridized carbons (Fsp3) is 0.524. The number of amides is 1. The molecular formula is C21H30N2O6S. The molecule has 0 radical (unpaired) electrons. The summed E-state index contributed by atoms with van der Waals surface area (Å²) in [5.74, 6) is -1.24. The Morgan fingerprint density at radius 3 is 2.53 bits per heavy atom. The molecule has 0 aromatic heterocycles. The van der Waals surface area contributed by atoms with Crippen molar-refractivity contribution < 1.29 is 27.9 Å². The first-order valence-corrected chi connectivity index (χ1v) is 11.3. The Kier molecular flexibility index (Phi) is 7.79. The highest BCUT2D eigenvalue weighted by Crippen LogP contribution is 2.28. The van der Waals surface area contributed by atoms with Crippen LogP contribution in [0.4, 0.5) is 0 Å². The Hall–Kier alpha value is -2.23. The summed E-state index contributed by atoms with van der Waals surface area (Å²) in [7, 11) is -4.01. The van der Waals surface area contributed by atoms with Crippen molar-refractivity contribution in [3.63, 3.8) is 0 Å². The average Bonchev–Trinajstić information content (AvgIpc) is 3.08. The van der Waals surface area contributed by atoms with Crippen molar-refractivity contribution in [3.05, 3.63) is 41.5 Å². The predicted octanol–water partition coefficient (Wildman–Crippen LogP) is 1.40. The fourth-order valence-corrected chi connectivity index (χ4v) is 5.01. The Morgan fingerprint density at radius 1 is 1.30 bits per heavy atom. The second kappa shape index (κ2) is 9.72. The summed E-state index contributed by atoms with van der Waals surface area (Å²) in [6, 6.07) is 3.53. The van der Waals surface area contributed by atoms with Crippen molar-refractivity contribution in [2.24, 2.45) is 0 Å². The molecule has 8 nitrogen and oxygen atoms in total. The third-order valence-corrected chi connectivity index (χ3v) is 6.99. The second-order valence-corrected chi connectivity index (χ2v) is 9.59. The number of hydrogen-bond donors (Lipinski definition) is 1. The van der Waals surface area contributed by atoms with E-state index in [9.17, 15) is 23.1 Å². The average molecular weight is 439 g/mol. The molecule has 1 heterocycles. The van der Waals surface area contributed by atoms with Gasteiger partial charge in [0, 0.05) is 26.1 Å². The van der Waals surface area contributed by atoms with E-state index in [0.717, 1.165) is 21.0 Å². The highest BCUT2D eigenvalue weighted by Gasteiger charge is 2.44. The Morgan fingerprint density at radius 2 is 1.97 bits per heavy atom. The van der Waals surface area contributed by atoms with Crippen LogP contribution in [0.1, 0.15) is 31.4 Å². The van der Waals surface area contributed by atoms with E-state index in [2.05, 4.69) is 6.58 Å². The van der Waals surface area contributed by atoms with Crippen molar-refractivity contribution in [2.75, 3.05) is 26.2 Å². The SMILES string of the molecule is C=C(C)CN(CC)C(=O)COC(=O)[C@@H]1C[C@H](O)CN1S(=O)(=O)c1ccc(C)c(C)c1. The first-order valence-electron chi connectivity index (χ1n) is 9.83. The van der Waals surface area contributed by atoms with Gasteiger partial charge in [-0.3, -0.25) is 9.59 Å². The molecule has 0 spiro atoms. The largest absolute Gasteiger partial charge is 0.454 e. The number of esters is 1. The summed E-state index contributed by atoms with van der Waals surface area (Å²) in [6.45, 7) is 11.1. The Bertz CT molecular complexity index is 927. The van der Waals surface area contributed by atoms with Gasteiger partial charge in [-0.15, -0.1) is 0 Å². The maximum Gasteiger partial charge on any atom is 0.325 e. The van der Waals surface area contributed by atoms with E-state index in [0.29, 0.717) is 13.1 Å². The maximum atomic E-state index is 13.1. The third kappa shape index (κ3) is 5.47. The van der Waals surface area contributed by atoms with Gasteiger partial charge >= 0.3 is 5.97 Å². The van der Waals surface area contributed by atoms with E-state index < -0.39 is 40.7 Å². The molecule has 1 N–H and O–H groups in total. The van der Waals surface area contributed by atoms with Crippen LogP contribution in [0.2, 0.25) is 0 Å². The number of β-amino-alcohol motifs (C(OH)–C–C–N with tert-alkyl or cyclic N) is 1. The van der Waals surface area contributed by atoms with Crippen LogP contribution < -0.4 is 0 Å². The molecule has 1 aliphatic rings. The molecule has 1 saturated heterocycles. The number of carbonyl (C=O) groups excluding carboxylic acids is 2. The third-order valence-electron chi connectivity index (χ3n) is 5.12. The van der Waals surface area contributed by atoms with E-state index in [1.54, 1.807) is 26.8 Å². The van der Waals surface area contributed by atoms with Crippen LogP contribution in [-0.2, 0) is 24.3 Å². The zero-order valence-corrected chi connectivity index (χ0v) is 18.7. The van der Waals surface area contributed by atoms with Gasteiger partial charge in [-0.25, -0.2) is 8.42 Å². The first-order chi connectivity index (χ1) is 14.0. The van der Waals surface area contributed by atoms with Gasteiger partial charge in [0.1, 0.15) is 6.04 Å². The minimum atomic E-state index is -4.01. The van der Waals surface area contributed by atoms with Crippen LogP contribution >= 0.6 is 0 Å². The van der Waals surface area contributed by atoms with Crippen LogP contribution in [0.5, 0.6) is 0 Å². The number of sulfonamides is 1. The lowest BCUT2D eigenvalue weighted by Gasteiger charge is -2.24. The molecule has 1 aliphatic heterocycles. The molecule has 1 aromatic carbocycles. The molecule has 166 valence electrons. The summed E-state index contributed by atoms with van der Waals surface area (Å²) in [6.07, 6.45) is -1.07. The van der Waals surface area contributed by atoms with Gasteiger partial charge in [-0.05, 0) is 51.0 Å². The predicted molar refractivity (Wildman–Crippen MR) is 112 cm³/mol. The molecule has 0 bridgehead atoms. The topological polar surface area (TPSA) is 104 Å². The van der Waals surface area contributed by atoms with Gasteiger partial charge in [0.25, 0.3) is 5.91 Å². The van der Waals surface area contributed by atoms with Crippen LogP contribution in [0, 0.1) is 13.8 Å². The summed E-state index contributed by atoms with van der Waals surface area (Å²) >= 11 is 0. The molecule has 2 rings (SSSR count). The van der Waals surface area contributed by atoms with E-state index in [-0.39, 0.29) is 17.9 Å². The zero-order chi connectivity index (χ0) is 22.6. The lowest BCUT2D eigenvalue weighted by Crippen LogP contribution is -2.43. The van der Waals surface area contributed by atoms with Gasteiger partial charge in [-0.1, -0.05) is 18.2 Å². The van der Waals surface area contributed by atoms with Gasteiger partial charge in [-0.2, -0.15) is 4.31 Å². The van der Waals surface area contributed by atoms with Crippen LogP contribution in [0.3, 0.4) is 0 Å². The van der Waals surface area contributed by atoms with Gasteiger partial charge in [0.15, 0.2) is 6.61 Å². The van der Waals surface area contributed by atoms with Gasteiger partial charge < -0.3 is 14.7 Å². The smallest absolute Gasteiger partial charge is 0.325 e. The van der Waals surface area contributed by atoms with Crippen molar-refractivity contribution >= 4 is 21.9 Å². The lowest BCUT2D eigenvalue weighted by atomic mass is 10.1. The summed E-state index contributed by atoms with van der Waals surface area (Å²) in [5.41, 5.74) is 2.54. The van der Waals surface area contributed by atoms with E-state index in [1.165, 1.54) is 17.0 Å². The van der Waals surface area contributed by atoms with E-state index in [4.69, 9.17) is 4.74 Å². The molecule has 30 heavy (non-hydrogen) atoms. The number of aliphatic hydroxyl groups is 1. The first kappa shape index (κ1) is 24.0. The van der Waals surface area contributed by atoms with Crippen molar-refractivity contribution in [2.45, 2.75) is 51.2 Å². The van der Waals surface area contributed by atoms with E-state index in [1.807, 2.05) is 6.92 Å². The van der Waals surface area contributed by atoms with Crippen LogP contribution in [-0.4, -0.2) is 73.0 Å². The van der Waals surface area contributed by atoms with Crippen molar-refractivity contribution in [1.82, 2.24) is 9.21 Å². The molecule has 1 amide bonds. The normalized spacial score (nSPS) is 19.5. The number of hydrogen-bond acceptors (Lipinski definition) is 6. The Balaban J connectivity index is 2.15. The number of ether oxygens (including phenoxy) is 1. The molecule has 1 aromatic rings. The number of benzene rings is 1. The summed E-state index contributed by atoms with van der Waals surface area (Å²) < 4.78 is 32.3. The fourth-order valence-electron chi connectivity index (χ4n) is 3.30. The number of aliphatic hydroxyl groups excluding tert-OH is 1. The summed E-state index contributed by atoms with van der Waals surface area (Å²) in [5, 5.41) is 10.0. The Labute approximate surface area is 178 Å². The van der Waals surface area contributed by atoms with Crippen molar-refractivity contribution in [1.29, 1.82) is 0 Å². The number of aryl methyl sites for hydroxylation is 2. The van der Waals surface area contributed by atoms with Gasteiger partial charge in [0.05, 0.1) is 11.0 Å². The highest BCUT2D eigenvalue weighted by molar-refractivity contribution is 7.89. The highest BCUT2D eigenvalue weighted by atomic mass is 32.2. The maximum absolute atomic E-state index is 13.1. The number of likely N-dealkylation sites (N-methyl/N-ethyl adjacent to an activating group) is 1. The standard InChI is InChI=1S/C21H30N2O6S/c1-6-22(11-14(2)3)20(25)13-29-21(26)19-10-17(24)12-23(19)30(27,28)18-8-7-15(4)16(5)9-18/h7-9,17,19,24H,2,6,10-13H2,1,3-5H3/t17-,19-/m0/s1. The van der Waals surface area contributed by atoms with Crippen LogP contribution in [0.25, 0.3) is 0 Å². The molecule has 9 heteroatoms. The minimum absolute atomic E-state index is 0.0483. The number of rotatable bonds is 8. The molecular weight excluding hydrogens is 408 g/mol. The molecule has 1 fully saturated rings. The monoisotopic (exact) mass is 438 g/mol. The molecule has 0 unspecified atom stereocenters. The quantitative estimate of drug-likeness (QED) is 0.486. The molecule has 0 aliphatic carbocycles. The number of carbonyl (C=O) groups is 2. The molecule has 0 saturated carbocycles.